The number of fused-ring (bicyclic) bond motifs is 1. The number of hydrogen-bond acceptors (Lipinski definition) is 5. The minimum absolute atomic E-state index is 0.0514. The van der Waals surface area contributed by atoms with E-state index in [0.29, 0.717) is 41.7 Å². The number of nitrogens with one attached hydrogen (secondary N) is 1. The first-order valence-electron chi connectivity index (χ1n) is 7.29. The van der Waals surface area contributed by atoms with Crippen LogP contribution >= 0.6 is 11.6 Å². The van der Waals surface area contributed by atoms with Crippen LogP contribution in [0.25, 0.3) is 0 Å². The average Bonchev–Trinajstić information content (AvgIpc) is 2.53. The number of hydrogen-bond donors (Lipinski definition) is 1. The molecular formula is C15H19ClN2O3. The van der Waals surface area contributed by atoms with Crippen molar-refractivity contribution in [3.8, 4) is 11.5 Å². The van der Waals surface area contributed by atoms with Crippen molar-refractivity contribution in [1.82, 2.24) is 10.2 Å². The Labute approximate surface area is 129 Å². The maximum Gasteiger partial charge on any atom is 0.165 e. The SMILES string of the molecule is O=C(CCN1CCNCC1)c1cc2c(cc1Cl)OCCO2. The zero-order chi connectivity index (χ0) is 14.7. The quantitative estimate of drug-likeness (QED) is 0.856. The van der Waals surface area contributed by atoms with Gasteiger partial charge in [-0.15, -0.1) is 0 Å². The Bertz CT molecular complexity index is 530. The molecule has 0 spiro atoms. The van der Waals surface area contributed by atoms with Crippen LogP contribution in [-0.2, 0) is 0 Å². The predicted molar refractivity (Wildman–Crippen MR) is 80.7 cm³/mol. The van der Waals surface area contributed by atoms with Crippen LogP contribution < -0.4 is 14.8 Å². The molecule has 1 N–H and O–H groups in total. The van der Waals surface area contributed by atoms with Crippen molar-refractivity contribution in [2.75, 3.05) is 45.9 Å². The van der Waals surface area contributed by atoms with Gasteiger partial charge in [0.15, 0.2) is 17.3 Å². The fourth-order valence-corrected chi connectivity index (χ4v) is 2.87. The molecule has 0 aromatic heterocycles. The first kappa shape index (κ1) is 14.6. The van der Waals surface area contributed by atoms with Gasteiger partial charge in [-0.25, -0.2) is 0 Å². The molecule has 1 aromatic carbocycles. The molecule has 6 heteroatoms. The van der Waals surface area contributed by atoms with Gasteiger partial charge in [0.05, 0.1) is 5.02 Å². The summed E-state index contributed by atoms with van der Waals surface area (Å²) in [5, 5.41) is 3.73. The van der Waals surface area contributed by atoms with Crippen LogP contribution in [0.5, 0.6) is 11.5 Å². The van der Waals surface area contributed by atoms with Crippen molar-refractivity contribution >= 4 is 17.4 Å². The van der Waals surface area contributed by atoms with Crippen molar-refractivity contribution in [1.29, 1.82) is 0 Å². The second kappa shape index (κ2) is 6.64. The lowest BCUT2D eigenvalue weighted by Crippen LogP contribution is -2.44. The first-order chi connectivity index (χ1) is 10.2. The molecule has 5 nitrogen and oxygen atoms in total. The number of carbonyl (C=O) groups excluding carboxylic acids is 1. The highest BCUT2D eigenvalue weighted by atomic mass is 35.5. The first-order valence-corrected chi connectivity index (χ1v) is 7.67. The highest BCUT2D eigenvalue weighted by Gasteiger charge is 2.19. The molecule has 21 heavy (non-hydrogen) atoms. The Morgan fingerprint density at radius 2 is 1.86 bits per heavy atom. The normalized spacial score (nSPS) is 18.5. The fourth-order valence-electron chi connectivity index (χ4n) is 2.61. The van der Waals surface area contributed by atoms with Crippen LogP contribution in [0.3, 0.4) is 0 Å². The van der Waals surface area contributed by atoms with Crippen LogP contribution in [0.2, 0.25) is 5.02 Å². The summed E-state index contributed by atoms with van der Waals surface area (Å²) in [4.78, 5) is 14.7. The van der Waals surface area contributed by atoms with Crippen molar-refractivity contribution < 1.29 is 14.3 Å². The highest BCUT2D eigenvalue weighted by molar-refractivity contribution is 6.34. The summed E-state index contributed by atoms with van der Waals surface area (Å²) < 4.78 is 11.0. The lowest BCUT2D eigenvalue weighted by Gasteiger charge is -2.26. The molecule has 114 valence electrons. The number of ether oxygens (including phenoxy) is 2. The monoisotopic (exact) mass is 310 g/mol. The van der Waals surface area contributed by atoms with Crippen molar-refractivity contribution in [3.63, 3.8) is 0 Å². The maximum absolute atomic E-state index is 12.4. The summed E-state index contributed by atoms with van der Waals surface area (Å²) in [5.74, 6) is 1.27. The molecule has 0 amide bonds. The third-order valence-electron chi connectivity index (χ3n) is 3.80. The zero-order valence-electron chi connectivity index (χ0n) is 11.9. The van der Waals surface area contributed by atoms with E-state index in [1.807, 2.05) is 0 Å². The predicted octanol–water partition coefficient (Wildman–Crippen LogP) is 1.59. The van der Waals surface area contributed by atoms with Gasteiger partial charge in [-0.2, -0.15) is 0 Å². The van der Waals surface area contributed by atoms with E-state index in [-0.39, 0.29) is 5.78 Å². The van der Waals surface area contributed by atoms with Crippen LogP contribution in [-0.4, -0.2) is 56.6 Å². The van der Waals surface area contributed by atoms with Gasteiger partial charge in [0, 0.05) is 50.8 Å². The molecule has 1 aromatic rings. The lowest BCUT2D eigenvalue weighted by atomic mass is 10.1. The van der Waals surface area contributed by atoms with E-state index in [1.165, 1.54) is 0 Å². The Hall–Kier alpha value is -1.30. The molecule has 2 aliphatic heterocycles. The number of benzene rings is 1. The van der Waals surface area contributed by atoms with E-state index >= 15 is 0 Å². The van der Waals surface area contributed by atoms with Crippen molar-refractivity contribution in [3.05, 3.63) is 22.7 Å². The van der Waals surface area contributed by atoms with Gasteiger partial charge in [-0.05, 0) is 6.07 Å². The molecule has 1 saturated heterocycles. The van der Waals surface area contributed by atoms with Gasteiger partial charge in [-0.3, -0.25) is 4.79 Å². The number of nitrogens with zero attached hydrogens (tertiary/aromatic N) is 1. The maximum atomic E-state index is 12.4. The third kappa shape index (κ3) is 3.48. The topological polar surface area (TPSA) is 50.8 Å². The minimum Gasteiger partial charge on any atom is -0.486 e. The van der Waals surface area contributed by atoms with Gasteiger partial charge >= 0.3 is 0 Å². The summed E-state index contributed by atoms with van der Waals surface area (Å²) in [6.45, 7) is 5.73. The van der Waals surface area contributed by atoms with Crippen molar-refractivity contribution in [2.45, 2.75) is 6.42 Å². The summed E-state index contributed by atoms with van der Waals surface area (Å²) in [6.07, 6.45) is 0.472. The molecule has 0 unspecified atom stereocenters. The van der Waals surface area contributed by atoms with Crippen molar-refractivity contribution in [2.24, 2.45) is 0 Å². The van der Waals surface area contributed by atoms with E-state index in [9.17, 15) is 4.79 Å². The van der Waals surface area contributed by atoms with Gasteiger partial charge in [-0.1, -0.05) is 11.6 Å². The van der Waals surface area contributed by atoms with Crippen LogP contribution in [0, 0.1) is 0 Å². The van der Waals surface area contributed by atoms with Gasteiger partial charge in [0.2, 0.25) is 0 Å². The van der Waals surface area contributed by atoms with E-state index in [4.69, 9.17) is 21.1 Å². The Kier molecular flexibility index (Phi) is 4.63. The van der Waals surface area contributed by atoms with E-state index in [1.54, 1.807) is 12.1 Å². The minimum atomic E-state index is 0.0514. The second-order valence-corrected chi connectivity index (χ2v) is 5.65. The third-order valence-corrected chi connectivity index (χ3v) is 4.11. The number of halogens is 1. The molecule has 2 heterocycles. The van der Waals surface area contributed by atoms with Gasteiger partial charge < -0.3 is 19.7 Å². The molecule has 2 aliphatic rings. The number of rotatable bonds is 4. The summed E-state index contributed by atoms with van der Waals surface area (Å²) >= 11 is 6.20. The fraction of sp³-hybridized carbons (Fsp3) is 0.533. The number of piperazine rings is 1. The molecule has 0 radical (unpaired) electrons. The number of ketones is 1. The summed E-state index contributed by atoms with van der Waals surface area (Å²) in [5.41, 5.74) is 0.524. The average molecular weight is 311 g/mol. The smallest absolute Gasteiger partial charge is 0.165 e. The second-order valence-electron chi connectivity index (χ2n) is 5.24. The Balaban J connectivity index is 1.66. The Morgan fingerprint density at radius 3 is 2.57 bits per heavy atom. The molecule has 1 fully saturated rings. The van der Waals surface area contributed by atoms with E-state index in [0.717, 1.165) is 32.7 Å². The number of carbonyl (C=O) groups is 1. The summed E-state index contributed by atoms with van der Waals surface area (Å²) in [7, 11) is 0. The molecule has 0 bridgehead atoms. The van der Waals surface area contributed by atoms with Gasteiger partial charge in [0.1, 0.15) is 13.2 Å². The van der Waals surface area contributed by atoms with E-state index < -0.39 is 0 Å². The molecule has 3 rings (SSSR count). The largest absolute Gasteiger partial charge is 0.486 e. The molecule has 0 aliphatic carbocycles. The van der Waals surface area contributed by atoms with Crippen LogP contribution in [0.15, 0.2) is 12.1 Å². The van der Waals surface area contributed by atoms with Crippen LogP contribution in [0.4, 0.5) is 0 Å². The molecular weight excluding hydrogens is 292 g/mol. The standard InChI is InChI=1S/C15H19ClN2O3/c16-12-10-15-14(20-7-8-21-15)9-11(12)13(19)1-4-18-5-2-17-3-6-18/h9-10,17H,1-8H2. The molecule has 0 atom stereocenters. The number of Topliss-reactive ketones (excluding diaryl/α,β-unsaturated/α-hetero) is 1. The van der Waals surface area contributed by atoms with Crippen LogP contribution in [0.1, 0.15) is 16.8 Å². The zero-order valence-corrected chi connectivity index (χ0v) is 12.6. The highest BCUT2D eigenvalue weighted by Crippen LogP contribution is 2.35. The lowest BCUT2D eigenvalue weighted by molar-refractivity contribution is 0.0959. The summed E-state index contributed by atoms with van der Waals surface area (Å²) in [6, 6.07) is 3.38. The van der Waals surface area contributed by atoms with E-state index in [2.05, 4.69) is 10.2 Å². The Morgan fingerprint density at radius 1 is 1.19 bits per heavy atom. The molecule has 0 saturated carbocycles. The van der Waals surface area contributed by atoms with Gasteiger partial charge in [0.25, 0.3) is 0 Å².